The second-order valence-electron chi connectivity index (χ2n) is 5.12. The lowest BCUT2D eigenvalue weighted by atomic mass is 9.73. The Morgan fingerprint density at radius 1 is 1.00 bits per heavy atom. The average molecular weight is 212 g/mol. The van der Waals surface area contributed by atoms with E-state index in [0.29, 0.717) is 5.41 Å². The predicted octanol–water partition coefficient (Wildman–Crippen LogP) is 1.05. The third-order valence-corrected chi connectivity index (χ3v) is 3.53. The Bertz CT molecular complexity index is 194. The van der Waals surface area contributed by atoms with Crippen LogP contribution in [0.25, 0.3) is 0 Å². The summed E-state index contributed by atoms with van der Waals surface area (Å²) in [6.07, 6.45) is 1.30. The Hall–Kier alpha value is -0.120. The van der Waals surface area contributed by atoms with Gasteiger partial charge in [0.2, 0.25) is 0 Å². The average Bonchev–Trinajstić information content (AvgIpc) is 2.10. The maximum absolute atomic E-state index is 5.37. The maximum atomic E-state index is 5.37. The molecule has 0 aromatic rings. The molecule has 2 aliphatic rings. The highest BCUT2D eigenvalue weighted by atomic mass is 16.5. The molecule has 0 aromatic carbocycles. The molecule has 0 radical (unpaired) electrons. The second kappa shape index (κ2) is 4.81. The molecule has 2 heterocycles. The minimum absolute atomic E-state index is 0.682. The van der Waals surface area contributed by atoms with Gasteiger partial charge in [-0.2, -0.15) is 0 Å². The Morgan fingerprint density at radius 2 is 1.60 bits per heavy atom. The quantitative estimate of drug-likeness (QED) is 0.612. The zero-order valence-electron chi connectivity index (χ0n) is 10.2. The van der Waals surface area contributed by atoms with E-state index in [0.717, 1.165) is 19.8 Å². The number of hydrogen-bond acceptors (Lipinski definition) is 3. The number of likely N-dealkylation sites (tertiary alicyclic amines) is 2. The van der Waals surface area contributed by atoms with E-state index in [2.05, 4.69) is 23.6 Å². The Balaban J connectivity index is 1.55. The molecule has 0 unspecified atom stereocenters. The van der Waals surface area contributed by atoms with Gasteiger partial charge >= 0.3 is 0 Å². The maximum Gasteiger partial charge on any atom is 0.0593 e. The van der Waals surface area contributed by atoms with Gasteiger partial charge in [-0.15, -0.1) is 0 Å². The largest absolute Gasteiger partial charge is 0.380 e. The van der Waals surface area contributed by atoms with Crippen molar-refractivity contribution in [1.29, 1.82) is 0 Å². The molecular formula is C12H24N2O. The third kappa shape index (κ3) is 2.52. The number of hydrogen-bond donors (Lipinski definition) is 0. The third-order valence-electron chi connectivity index (χ3n) is 3.53. The minimum Gasteiger partial charge on any atom is -0.380 e. The molecule has 1 spiro atoms. The summed E-state index contributed by atoms with van der Waals surface area (Å²) >= 11 is 0. The highest BCUT2D eigenvalue weighted by Gasteiger charge is 2.50. The molecule has 15 heavy (non-hydrogen) atoms. The molecule has 88 valence electrons. The van der Waals surface area contributed by atoms with E-state index in [1.165, 1.54) is 39.1 Å². The van der Waals surface area contributed by atoms with Crippen LogP contribution in [0.2, 0.25) is 0 Å². The first-order chi connectivity index (χ1) is 7.28. The van der Waals surface area contributed by atoms with Crippen LogP contribution in [0.3, 0.4) is 0 Å². The van der Waals surface area contributed by atoms with Gasteiger partial charge in [0.05, 0.1) is 6.61 Å². The summed E-state index contributed by atoms with van der Waals surface area (Å²) in [4.78, 5) is 5.11. The van der Waals surface area contributed by atoms with E-state index >= 15 is 0 Å². The first-order valence-electron chi connectivity index (χ1n) is 6.30. The van der Waals surface area contributed by atoms with Crippen molar-refractivity contribution in [3.63, 3.8) is 0 Å². The van der Waals surface area contributed by atoms with Crippen LogP contribution in [0.15, 0.2) is 0 Å². The summed E-state index contributed by atoms with van der Waals surface area (Å²) in [5, 5.41) is 0. The van der Waals surface area contributed by atoms with Crippen molar-refractivity contribution in [3.05, 3.63) is 0 Å². The predicted molar refractivity (Wildman–Crippen MR) is 62.1 cm³/mol. The van der Waals surface area contributed by atoms with E-state index in [9.17, 15) is 0 Å². The Morgan fingerprint density at radius 3 is 2.13 bits per heavy atom. The molecule has 0 saturated carbocycles. The highest BCUT2D eigenvalue weighted by molar-refractivity contribution is 5.05. The first-order valence-corrected chi connectivity index (χ1v) is 6.30. The molecular weight excluding hydrogens is 188 g/mol. The highest BCUT2D eigenvalue weighted by Crippen LogP contribution is 2.39. The summed E-state index contributed by atoms with van der Waals surface area (Å²) in [6, 6.07) is 0. The van der Waals surface area contributed by atoms with Crippen LogP contribution >= 0.6 is 0 Å². The summed E-state index contributed by atoms with van der Waals surface area (Å²) in [5.74, 6) is 0. The summed E-state index contributed by atoms with van der Waals surface area (Å²) in [6.45, 7) is 13.8. The van der Waals surface area contributed by atoms with E-state index in [-0.39, 0.29) is 0 Å². The fourth-order valence-electron chi connectivity index (χ4n) is 2.98. The standard InChI is InChI=1S/C12H24N2O/c1-3-5-13-8-12(9-13)10-14(11-12)6-7-15-4-2/h3-11H2,1-2H3. The number of ether oxygens (including phenoxy) is 1. The van der Waals surface area contributed by atoms with Gasteiger partial charge in [0.25, 0.3) is 0 Å². The molecule has 3 nitrogen and oxygen atoms in total. The zero-order chi connectivity index (χ0) is 10.7. The van der Waals surface area contributed by atoms with Crippen molar-refractivity contribution in [1.82, 2.24) is 9.80 Å². The van der Waals surface area contributed by atoms with E-state index in [1.54, 1.807) is 0 Å². The normalized spacial score (nSPS) is 25.2. The van der Waals surface area contributed by atoms with Crippen LogP contribution < -0.4 is 0 Å². The lowest BCUT2D eigenvalue weighted by Crippen LogP contribution is -2.72. The topological polar surface area (TPSA) is 15.7 Å². The molecule has 0 aromatic heterocycles. The molecule has 2 rings (SSSR count). The van der Waals surface area contributed by atoms with Crippen molar-refractivity contribution in [2.24, 2.45) is 5.41 Å². The van der Waals surface area contributed by atoms with Crippen LogP contribution in [0.1, 0.15) is 20.3 Å². The Kier molecular flexibility index (Phi) is 3.65. The molecule has 0 bridgehead atoms. The fourth-order valence-corrected chi connectivity index (χ4v) is 2.98. The molecule has 0 N–H and O–H groups in total. The monoisotopic (exact) mass is 212 g/mol. The van der Waals surface area contributed by atoms with Crippen molar-refractivity contribution >= 4 is 0 Å². The van der Waals surface area contributed by atoms with Crippen molar-refractivity contribution in [2.75, 3.05) is 52.5 Å². The Labute approximate surface area is 93.4 Å². The molecule has 0 atom stereocenters. The van der Waals surface area contributed by atoms with Gasteiger partial charge in [-0.3, -0.25) is 4.90 Å². The van der Waals surface area contributed by atoms with Crippen LogP contribution in [0.4, 0.5) is 0 Å². The molecule has 2 saturated heterocycles. The van der Waals surface area contributed by atoms with Gasteiger partial charge in [-0.1, -0.05) is 6.92 Å². The second-order valence-corrected chi connectivity index (χ2v) is 5.12. The summed E-state index contributed by atoms with van der Waals surface area (Å²) in [5.41, 5.74) is 0.682. The van der Waals surface area contributed by atoms with E-state index < -0.39 is 0 Å². The summed E-state index contributed by atoms with van der Waals surface area (Å²) < 4.78 is 5.37. The van der Waals surface area contributed by atoms with Crippen molar-refractivity contribution in [3.8, 4) is 0 Å². The van der Waals surface area contributed by atoms with Gasteiger partial charge in [-0.25, -0.2) is 0 Å². The van der Waals surface area contributed by atoms with Gasteiger partial charge in [-0.05, 0) is 19.9 Å². The first kappa shape index (κ1) is 11.4. The fraction of sp³-hybridized carbons (Fsp3) is 1.00. The summed E-state index contributed by atoms with van der Waals surface area (Å²) in [7, 11) is 0. The van der Waals surface area contributed by atoms with Crippen LogP contribution in [-0.4, -0.2) is 62.3 Å². The van der Waals surface area contributed by atoms with Crippen LogP contribution in [0, 0.1) is 5.41 Å². The van der Waals surface area contributed by atoms with Gasteiger partial charge in [0.15, 0.2) is 0 Å². The van der Waals surface area contributed by atoms with E-state index in [4.69, 9.17) is 4.74 Å². The minimum atomic E-state index is 0.682. The van der Waals surface area contributed by atoms with Crippen LogP contribution in [0.5, 0.6) is 0 Å². The van der Waals surface area contributed by atoms with Crippen LogP contribution in [-0.2, 0) is 4.74 Å². The molecule has 0 amide bonds. The van der Waals surface area contributed by atoms with E-state index in [1.807, 2.05) is 0 Å². The van der Waals surface area contributed by atoms with Gasteiger partial charge in [0, 0.05) is 44.7 Å². The van der Waals surface area contributed by atoms with Crippen molar-refractivity contribution in [2.45, 2.75) is 20.3 Å². The molecule has 2 aliphatic heterocycles. The zero-order valence-corrected chi connectivity index (χ0v) is 10.2. The molecule has 3 heteroatoms. The molecule has 0 aliphatic carbocycles. The lowest BCUT2D eigenvalue weighted by Gasteiger charge is -2.60. The number of rotatable bonds is 6. The SMILES string of the molecule is CCCN1CC2(C1)CN(CCOCC)C2. The van der Waals surface area contributed by atoms with Gasteiger partial charge < -0.3 is 9.64 Å². The lowest BCUT2D eigenvalue weighted by molar-refractivity contribution is -0.118. The number of nitrogens with zero attached hydrogens (tertiary/aromatic N) is 2. The van der Waals surface area contributed by atoms with Crippen molar-refractivity contribution < 1.29 is 4.74 Å². The van der Waals surface area contributed by atoms with Gasteiger partial charge in [0.1, 0.15) is 0 Å². The molecule has 2 fully saturated rings. The smallest absolute Gasteiger partial charge is 0.0593 e.